The van der Waals surface area contributed by atoms with E-state index in [9.17, 15) is 9.90 Å². The number of hydrogen-bond acceptors (Lipinski definition) is 4. The third kappa shape index (κ3) is 4.33. The maximum absolute atomic E-state index is 12.5. The van der Waals surface area contributed by atoms with Gasteiger partial charge in [-0.1, -0.05) is 36.2 Å². The Hall–Kier alpha value is -1.27. The number of aromatic hydroxyl groups is 1. The van der Waals surface area contributed by atoms with Gasteiger partial charge in [-0.3, -0.25) is 4.79 Å². The average Bonchev–Trinajstić information content (AvgIpc) is 2.62. The van der Waals surface area contributed by atoms with Gasteiger partial charge in [0.15, 0.2) is 11.5 Å². The minimum Gasteiger partial charge on any atom is -0.504 e. The maximum Gasteiger partial charge on any atom is 0.220 e. The molecule has 0 bridgehead atoms. The van der Waals surface area contributed by atoms with Gasteiger partial charge in [-0.15, -0.1) is 0 Å². The van der Waals surface area contributed by atoms with E-state index in [0.29, 0.717) is 30.1 Å². The molecule has 0 unspecified atom stereocenters. The van der Waals surface area contributed by atoms with Crippen LogP contribution in [0.5, 0.6) is 11.5 Å². The molecule has 1 aromatic carbocycles. The second-order valence-electron chi connectivity index (χ2n) is 8.65. The molecule has 5 nitrogen and oxygen atoms in total. The van der Waals surface area contributed by atoms with Crippen LogP contribution in [0.25, 0.3) is 0 Å². The molecule has 3 rings (SSSR count). The minimum atomic E-state index is -0.359. The monoisotopic (exact) mass is 453 g/mol. The molecular formula is C22H32BrNO4. The molecule has 0 aromatic heterocycles. The van der Waals surface area contributed by atoms with E-state index in [0.717, 1.165) is 30.2 Å². The van der Waals surface area contributed by atoms with Crippen molar-refractivity contribution < 1.29 is 19.4 Å². The second kappa shape index (κ2) is 8.62. The highest BCUT2D eigenvalue weighted by Gasteiger charge is 2.49. The summed E-state index contributed by atoms with van der Waals surface area (Å²) in [5.74, 6) is 1.52. The first-order chi connectivity index (χ1) is 13.3. The fourth-order valence-electron chi connectivity index (χ4n) is 4.93. The molecule has 1 amide bonds. The topological polar surface area (TPSA) is 67.8 Å². The van der Waals surface area contributed by atoms with Gasteiger partial charge >= 0.3 is 0 Å². The number of hydrogen-bond donors (Lipinski definition) is 2. The highest BCUT2D eigenvalue weighted by Crippen LogP contribution is 2.50. The summed E-state index contributed by atoms with van der Waals surface area (Å²) >= 11 is 3.51. The van der Waals surface area contributed by atoms with Crippen molar-refractivity contribution in [2.75, 3.05) is 7.11 Å². The first kappa shape index (κ1) is 21.4. The van der Waals surface area contributed by atoms with Crippen LogP contribution in [-0.4, -0.2) is 29.8 Å². The third-order valence-corrected chi connectivity index (χ3v) is 6.82. The summed E-state index contributed by atoms with van der Waals surface area (Å²) in [6, 6.07) is 3.64. The molecule has 2 aliphatic rings. The summed E-state index contributed by atoms with van der Waals surface area (Å²) < 4.78 is 12.7. The van der Waals surface area contributed by atoms with Gasteiger partial charge in [0.25, 0.3) is 0 Å². The lowest BCUT2D eigenvalue weighted by molar-refractivity contribution is -0.154. The number of nitrogens with one attached hydrogen (secondary N) is 1. The first-order valence-corrected chi connectivity index (χ1v) is 11.1. The van der Waals surface area contributed by atoms with Gasteiger partial charge in [0, 0.05) is 34.3 Å². The molecule has 1 heterocycles. The average molecular weight is 454 g/mol. The normalized spacial score (nSPS) is 32.5. The summed E-state index contributed by atoms with van der Waals surface area (Å²) in [7, 11) is 1.54. The van der Waals surface area contributed by atoms with Crippen LogP contribution in [0.1, 0.15) is 71.0 Å². The quantitative estimate of drug-likeness (QED) is 0.649. The van der Waals surface area contributed by atoms with E-state index in [1.807, 2.05) is 13.0 Å². The molecule has 6 heteroatoms. The molecule has 28 heavy (non-hydrogen) atoms. The van der Waals surface area contributed by atoms with E-state index in [4.69, 9.17) is 9.47 Å². The van der Waals surface area contributed by atoms with Gasteiger partial charge in [-0.05, 0) is 44.2 Å². The lowest BCUT2D eigenvalue weighted by atomic mass is 9.66. The number of fused-ring (bicyclic) bond motifs is 1. The summed E-state index contributed by atoms with van der Waals surface area (Å²) in [5.41, 5.74) is 0.348. The highest BCUT2D eigenvalue weighted by atomic mass is 79.9. The summed E-state index contributed by atoms with van der Waals surface area (Å²) in [5, 5.41) is 14.1. The van der Waals surface area contributed by atoms with Crippen molar-refractivity contribution in [2.24, 2.45) is 11.8 Å². The number of halogens is 1. The minimum absolute atomic E-state index is 0.0683. The van der Waals surface area contributed by atoms with Gasteiger partial charge in [0.2, 0.25) is 5.91 Å². The van der Waals surface area contributed by atoms with Crippen molar-refractivity contribution in [1.82, 2.24) is 5.32 Å². The van der Waals surface area contributed by atoms with Crippen LogP contribution in [0.3, 0.4) is 0 Å². The van der Waals surface area contributed by atoms with Crippen molar-refractivity contribution in [2.45, 2.75) is 77.0 Å². The Morgan fingerprint density at radius 1 is 1.43 bits per heavy atom. The van der Waals surface area contributed by atoms with E-state index < -0.39 is 0 Å². The van der Waals surface area contributed by atoms with Gasteiger partial charge < -0.3 is 19.9 Å². The number of carbonyl (C=O) groups excluding carboxylic acids is 1. The van der Waals surface area contributed by atoms with E-state index in [1.54, 1.807) is 13.2 Å². The summed E-state index contributed by atoms with van der Waals surface area (Å²) in [6.45, 7) is 6.43. The van der Waals surface area contributed by atoms with E-state index in [-0.39, 0.29) is 35.3 Å². The Labute approximate surface area is 176 Å². The Kier molecular flexibility index (Phi) is 6.60. The van der Waals surface area contributed by atoms with Crippen molar-refractivity contribution in [3.8, 4) is 11.5 Å². The zero-order valence-electron chi connectivity index (χ0n) is 17.3. The highest BCUT2D eigenvalue weighted by molar-refractivity contribution is 9.10. The number of rotatable bonds is 5. The number of benzene rings is 1. The van der Waals surface area contributed by atoms with E-state index in [2.05, 4.69) is 35.1 Å². The predicted octanol–water partition coefficient (Wildman–Crippen LogP) is 5.10. The van der Waals surface area contributed by atoms with Crippen molar-refractivity contribution in [3.05, 3.63) is 22.2 Å². The number of methoxy groups -OCH3 is 1. The zero-order chi connectivity index (χ0) is 20.5. The van der Waals surface area contributed by atoms with Gasteiger partial charge in [0.05, 0.1) is 19.3 Å². The van der Waals surface area contributed by atoms with Crippen LogP contribution in [-0.2, 0) is 9.53 Å². The SMILES string of the molecule is CCCC(=O)N[C@@]1(C)C[C@@H](c2cc(Br)cc(OC)c2O)O[C@H]2C[C@@H](C)CC[C@@H]21. The Bertz CT molecular complexity index is 725. The summed E-state index contributed by atoms with van der Waals surface area (Å²) in [6.07, 6.45) is 4.95. The van der Waals surface area contributed by atoms with Gasteiger partial charge in [-0.25, -0.2) is 0 Å². The molecule has 1 saturated carbocycles. The molecular weight excluding hydrogens is 422 g/mol. The lowest BCUT2D eigenvalue weighted by Gasteiger charge is -2.52. The first-order valence-electron chi connectivity index (χ1n) is 10.3. The molecule has 2 N–H and O–H groups in total. The predicted molar refractivity (Wildman–Crippen MR) is 113 cm³/mol. The number of phenols is 1. The van der Waals surface area contributed by atoms with Crippen molar-refractivity contribution in [1.29, 1.82) is 0 Å². The van der Waals surface area contributed by atoms with Gasteiger partial charge in [-0.2, -0.15) is 0 Å². The van der Waals surface area contributed by atoms with E-state index >= 15 is 0 Å². The van der Waals surface area contributed by atoms with Crippen LogP contribution >= 0.6 is 15.9 Å². The van der Waals surface area contributed by atoms with Crippen molar-refractivity contribution >= 4 is 21.8 Å². The fourth-order valence-corrected chi connectivity index (χ4v) is 5.39. The van der Waals surface area contributed by atoms with Crippen LogP contribution in [0.4, 0.5) is 0 Å². The van der Waals surface area contributed by atoms with Crippen LogP contribution in [0.2, 0.25) is 0 Å². The molecule has 0 spiro atoms. The smallest absolute Gasteiger partial charge is 0.220 e. The third-order valence-electron chi connectivity index (χ3n) is 6.36. The fraction of sp³-hybridized carbons (Fsp3) is 0.682. The summed E-state index contributed by atoms with van der Waals surface area (Å²) in [4.78, 5) is 12.5. The Balaban J connectivity index is 1.95. The maximum atomic E-state index is 12.5. The molecule has 5 atom stereocenters. The number of amides is 1. The number of ether oxygens (including phenoxy) is 2. The van der Waals surface area contributed by atoms with E-state index in [1.165, 1.54) is 0 Å². The molecule has 1 aliphatic carbocycles. The molecule has 0 radical (unpaired) electrons. The van der Waals surface area contributed by atoms with Crippen LogP contribution < -0.4 is 10.1 Å². The Morgan fingerprint density at radius 3 is 2.86 bits per heavy atom. The molecule has 1 aromatic rings. The van der Waals surface area contributed by atoms with Crippen LogP contribution in [0.15, 0.2) is 16.6 Å². The van der Waals surface area contributed by atoms with Crippen molar-refractivity contribution in [3.63, 3.8) is 0 Å². The molecule has 1 aliphatic heterocycles. The molecule has 1 saturated heterocycles. The standard InChI is InChI=1S/C22H32BrNO4/c1-5-6-20(25)24-22(3)12-19(28-17-9-13(2)7-8-16(17)22)15-10-14(23)11-18(27-4)21(15)26/h10-11,13,16-17,19,26H,5-9,12H2,1-4H3,(H,24,25)/t13-,16-,17-,19-,22-/m0/s1. The van der Waals surface area contributed by atoms with Gasteiger partial charge in [0.1, 0.15) is 0 Å². The van der Waals surface area contributed by atoms with Crippen LogP contribution in [0, 0.1) is 11.8 Å². The molecule has 156 valence electrons. The largest absolute Gasteiger partial charge is 0.504 e. The number of phenolic OH excluding ortho intramolecular Hbond substituents is 1. The Morgan fingerprint density at radius 2 is 2.18 bits per heavy atom. The second-order valence-corrected chi connectivity index (χ2v) is 9.57. The number of carbonyl (C=O) groups is 1. The molecule has 2 fully saturated rings. The lowest BCUT2D eigenvalue weighted by Crippen LogP contribution is -2.60. The zero-order valence-corrected chi connectivity index (χ0v) is 18.8.